The molecule has 1 aliphatic rings. The Bertz CT molecular complexity index is 1020. The van der Waals surface area contributed by atoms with Crippen LogP contribution in [-0.4, -0.2) is 25.7 Å². The molecular weight excluding hydrogens is 360 g/mol. The van der Waals surface area contributed by atoms with E-state index in [0.717, 1.165) is 28.7 Å². The van der Waals surface area contributed by atoms with E-state index in [0.29, 0.717) is 4.91 Å². The lowest BCUT2D eigenvalue weighted by molar-refractivity contribution is -0.123. The number of hydrogen-bond donors (Lipinski definition) is 1. The minimum absolute atomic E-state index is 0.189. The number of phenols is 1. The Morgan fingerprint density at radius 3 is 2.41 bits per heavy atom. The van der Waals surface area contributed by atoms with Crippen LogP contribution < -0.4 is 0 Å². The molecule has 0 spiro atoms. The first-order valence-corrected chi connectivity index (χ1v) is 9.19. The molecule has 1 aliphatic heterocycles. The van der Waals surface area contributed by atoms with Gasteiger partial charge in [0.25, 0.3) is 11.1 Å². The summed E-state index contributed by atoms with van der Waals surface area (Å²) < 4.78 is 1.89. The van der Waals surface area contributed by atoms with Crippen LogP contribution in [0.2, 0.25) is 0 Å². The highest BCUT2D eigenvalue weighted by Crippen LogP contribution is 2.33. The van der Waals surface area contributed by atoms with Crippen LogP contribution in [0, 0.1) is 0 Å². The maximum atomic E-state index is 12.7. The summed E-state index contributed by atoms with van der Waals surface area (Å²) >= 11 is 0.951. The lowest BCUT2D eigenvalue weighted by Gasteiger charge is -2.12. The molecule has 0 atom stereocenters. The molecule has 3 aromatic rings. The molecule has 2 amide bonds. The van der Waals surface area contributed by atoms with Gasteiger partial charge in [0, 0.05) is 17.6 Å². The van der Waals surface area contributed by atoms with Crippen molar-refractivity contribution in [1.29, 1.82) is 0 Å². The molecule has 5 nitrogen and oxygen atoms in total. The molecule has 134 valence electrons. The van der Waals surface area contributed by atoms with Crippen molar-refractivity contribution in [1.82, 2.24) is 9.47 Å². The standard InChI is InChI=1S/C21H16N2O3S/c24-18-10-8-16(9-11-18)22-12-4-7-17(22)13-19-20(25)23(21(26)27-19)14-15-5-2-1-3-6-15/h1-13,24H,14H2. The van der Waals surface area contributed by atoms with Crippen molar-refractivity contribution in [2.24, 2.45) is 0 Å². The van der Waals surface area contributed by atoms with Crippen LogP contribution in [0.3, 0.4) is 0 Å². The molecule has 1 N–H and O–H groups in total. The third-order valence-electron chi connectivity index (χ3n) is 4.24. The van der Waals surface area contributed by atoms with E-state index in [9.17, 15) is 14.7 Å². The fourth-order valence-electron chi connectivity index (χ4n) is 2.90. The zero-order valence-corrected chi connectivity index (χ0v) is 15.1. The van der Waals surface area contributed by atoms with Gasteiger partial charge in [-0.3, -0.25) is 14.5 Å². The molecule has 1 fully saturated rings. The molecule has 2 aromatic carbocycles. The van der Waals surface area contributed by atoms with Crippen molar-refractivity contribution in [2.75, 3.05) is 0 Å². The van der Waals surface area contributed by atoms with Crippen LogP contribution in [0.25, 0.3) is 11.8 Å². The minimum atomic E-state index is -0.285. The van der Waals surface area contributed by atoms with Gasteiger partial charge in [-0.25, -0.2) is 0 Å². The van der Waals surface area contributed by atoms with E-state index >= 15 is 0 Å². The van der Waals surface area contributed by atoms with Gasteiger partial charge in [-0.05, 0) is 59.8 Å². The van der Waals surface area contributed by atoms with Crippen molar-refractivity contribution in [3.8, 4) is 11.4 Å². The number of benzene rings is 2. The number of phenolic OH excluding ortho intramolecular Hbond substituents is 1. The van der Waals surface area contributed by atoms with E-state index in [1.54, 1.807) is 30.3 Å². The highest BCUT2D eigenvalue weighted by Gasteiger charge is 2.35. The molecule has 0 aliphatic carbocycles. The van der Waals surface area contributed by atoms with Crippen molar-refractivity contribution >= 4 is 29.0 Å². The summed E-state index contributed by atoms with van der Waals surface area (Å²) in [4.78, 5) is 26.7. The second kappa shape index (κ2) is 7.17. The van der Waals surface area contributed by atoms with Gasteiger partial charge < -0.3 is 9.67 Å². The number of rotatable bonds is 4. The summed E-state index contributed by atoms with van der Waals surface area (Å²) in [6.07, 6.45) is 3.59. The smallest absolute Gasteiger partial charge is 0.293 e. The number of imide groups is 1. The predicted octanol–water partition coefficient (Wildman–Crippen LogP) is 4.42. The number of aromatic hydroxyl groups is 1. The van der Waals surface area contributed by atoms with Crippen molar-refractivity contribution in [2.45, 2.75) is 6.54 Å². The van der Waals surface area contributed by atoms with E-state index < -0.39 is 0 Å². The van der Waals surface area contributed by atoms with Gasteiger partial charge >= 0.3 is 0 Å². The second-order valence-corrected chi connectivity index (χ2v) is 7.07. The van der Waals surface area contributed by atoms with Gasteiger partial charge in [0.15, 0.2) is 0 Å². The fraction of sp³-hybridized carbons (Fsp3) is 0.0476. The first kappa shape index (κ1) is 17.2. The van der Waals surface area contributed by atoms with Crippen molar-refractivity contribution in [3.05, 3.63) is 89.1 Å². The molecule has 0 unspecified atom stereocenters. The summed E-state index contributed by atoms with van der Waals surface area (Å²) in [6.45, 7) is 0.266. The van der Waals surface area contributed by atoms with E-state index in [-0.39, 0.29) is 23.4 Å². The average molecular weight is 376 g/mol. The lowest BCUT2D eigenvalue weighted by Crippen LogP contribution is -2.27. The Hall–Kier alpha value is -3.25. The van der Waals surface area contributed by atoms with Crippen LogP contribution >= 0.6 is 11.8 Å². The summed E-state index contributed by atoms with van der Waals surface area (Å²) in [6, 6.07) is 20.0. The summed E-state index contributed by atoms with van der Waals surface area (Å²) in [7, 11) is 0. The number of carbonyl (C=O) groups is 2. The van der Waals surface area contributed by atoms with E-state index in [1.165, 1.54) is 4.90 Å². The Morgan fingerprint density at radius 1 is 0.926 bits per heavy atom. The molecule has 0 bridgehead atoms. The molecule has 0 radical (unpaired) electrons. The highest BCUT2D eigenvalue weighted by molar-refractivity contribution is 8.18. The predicted molar refractivity (Wildman–Crippen MR) is 105 cm³/mol. The number of aromatic nitrogens is 1. The minimum Gasteiger partial charge on any atom is -0.508 e. The summed E-state index contributed by atoms with van der Waals surface area (Å²) in [5.74, 6) is -0.0956. The molecule has 4 rings (SSSR count). The lowest BCUT2D eigenvalue weighted by atomic mass is 10.2. The number of nitrogens with zero attached hydrogens (tertiary/aromatic N) is 2. The highest BCUT2D eigenvalue weighted by atomic mass is 32.2. The Labute approximate surface area is 160 Å². The quantitative estimate of drug-likeness (QED) is 0.685. The number of hydrogen-bond acceptors (Lipinski definition) is 4. The van der Waals surface area contributed by atoms with Crippen LogP contribution in [-0.2, 0) is 11.3 Å². The van der Waals surface area contributed by atoms with Crippen LogP contribution in [0.1, 0.15) is 11.3 Å². The first-order valence-electron chi connectivity index (χ1n) is 8.38. The third kappa shape index (κ3) is 3.52. The third-order valence-corrected chi connectivity index (χ3v) is 5.15. The topological polar surface area (TPSA) is 62.5 Å². The van der Waals surface area contributed by atoms with E-state index in [2.05, 4.69) is 0 Å². The molecule has 1 saturated heterocycles. The SMILES string of the molecule is O=C1SC(=Cc2cccn2-c2ccc(O)cc2)C(=O)N1Cc1ccccc1. The first-order chi connectivity index (χ1) is 13.1. The Balaban J connectivity index is 1.60. The van der Waals surface area contributed by atoms with Gasteiger partial charge in [0.1, 0.15) is 5.75 Å². The molecular formula is C21H16N2O3S. The monoisotopic (exact) mass is 376 g/mol. The van der Waals surface area contributed by atoms with Crippen LogP contribution in [0.5, 0.6) is 5.75 Å². The van der Waals surface area contributed by atoms with Gasteiger partial charge in [0.2, 0.25) is 0 Å². The van der Waals surface area contributed by atoms with E-state index in [1.807, 2.05) is 53.2 Å². The van der Waals surface area contributed by atoms with Crippen LogP contribution in [0.4, 0.5) is 4.79 Å². The van der Waals surface area contributed by atoms with Crippen LogP contribution in [0.15, 0.2) is 77.8 Å². The van der Waals surface area contributed by atoms with Gasteiger partial charge in [-0.1, -0.05) is 30.3 Å². The number of carbonyl (C=O) groups excluding carboxylic acids is 2. The summed E-state index contributed by atoms with van der Waals surface area (Å²) in [5.41, 5.74) is 2.55. The average Bonchev–Trinajstić information content (AvgIpc) is 3.24. The fourth-order valence-corrected chi connectivity index (χ4v) is 3.72. The van der Waals surface area contributed by atoms with Gasteiger partial charge in [-0.2, -0.15) is 0 Å². The number of thioether (sulfide) groups is 1. The Kier molecular flexibility index (Phi) is 4.56. The zero-order chi connectivity index (χ0) is 18.8. The normalized spacial score (nSPS) is 15.7. The maximum absolute atomic E-state index is 12.7. The van der Waals surface area contributed by atoms with E-state index in [4.69, 9.17) is 0 Å². The van der Waals surface area contributed by atoms with Gasteiger partial charge in [0.05, 0.1) is 11.4 Å². The van der Waals surface area contributed by atoms with Crippen molar-refractivity contribution in [3.63, 3.8) is 0 Å². The molecule has 2 heterocycles. The molecule has 1 aromatic heterocycles. The number of amides is 2. The maximum Gasteiger partial charge on any atom is 0.293 e. The second-order valence-electron chi connectivity index (χ2n) is 6.07. The summed E-state index contributed by atoms with van der Waals surface area (Å²) in [5, 5.41) is 9.19. The zero-order valence-electron chi connectivity index (χ0n) is 14.3. The molecule has 27 heavy (non-hydrogen) atoms. The molecule has 6 heteroatoms. The largest absolute Gasteiger partial charge is 0.508 e. The Morgan fingerprint density at radius 2 is 1.67 bits per heavy atom. The van der Waals surface area contributed by atoms with Gasteiger partial charge in [-0.15, -0.1) is 0 Å². The molecule has 0 saturated carbocycles. The van der Waals surface area contributed by atoms with Crippen molar-refractivity contribution < 1.29 is 14.7 Å².